The number of aromatic hydroxyl groups is 1. The number of amides is 1. The molecule has 0 aromatic heterocycles. The Bertz CT molecular complexity index is 628. The summed E-state index contributed by atoms with van der Waals surface area (Å²) in [4.78, 5) is 12.0. The number of hydrogen-bond acceptors (Lipinski definition) is 2. The number of phenolic OH excluding ortho intramolecular Hbond substituents is 1. The van der Waals surface area contributed by atoms with Gasteiger partial charge in [0.2, 0.25) is 0 Å². The second-order valence-corrected chi connectivity index (χ2v) is 5.32. The molecule has 0 aliphatic carbocycles. The first-order chi connectivity index (χ1) is 9.47. The van der Waals surface area contributed by atoms with Crippen LogP contribution in [0.25, 0.3) is 0 Å². The van der Waals surface area contributed by atoms with Crippen LogP contribution < -0.4 is 5.32 Å². The van der Waals surface area contributed by atoms with E-state index in [1.807, 2.05) is 31.2 Å². The highest BCUT2D eigenvalue weighted by Gasteiger charge is 2.15. The highest BCUT2D eigenvalue weighted by atomic mass is 79.9. The van der Waals surface area contributed by atoms with Crippen LogP contribution in [0.3, 0.4) is 0 Å². The van der Waals surface area contributed by atoms with Gasteiger partial charge in [0.15, 0.2) is 0 Å². The van der Waals surface area contributed by atoms with Crippen molar-refractivity contribution in [1.29, 1.82) is 0 Å². The van der Waals surface area contributed by atoms with Crippen LogP contribution in [-0.2, 0) is 0 Å². The predicted molar refractivity (Wildman–Crippen MR) is 78.1 cm³/mol. The van der Waals surface area contributed by atoms with Crippen LogP contribution in [0, 0.1) is 5.82 Å². The normalized spacial score (nSPS) is 11.9. The molecule has 3 nitrogen and oxygen atoms in total. The van der Waals surface area contributed by atoms with E-state index in [1.165, 1.54) is 0 Å². The van der Waals surface area contributed by atoms with Crippen molar-refractivity contribution in [2.24, 2.45) is 0 Å². The number of phenols is 1. The quantitative estimate of drug-likeness (QED) is 0.895. The lowest BCUT2D eigenvalue weighted by molar-refractivity contribution is 0.0936. The molecule has 5 heteroatoms. The molecule has 0 heterocycles. The van der Waals surface area contributed by atoms with Crippen molar-refractivity contribution in [2.45, 2.75) is 13.0 Å². The number of nitrogens with one attached hydrogen (secondary N) is 1. The number of hydrogen-bond donors (Lipinski definition) is 2. The smallest absolute Gasteiger partial charge is 0.255 e. The monoisotopic (exact) mass is 337 g/mol. The Morgan fingerprint density at radius 2 is 1.90 bits per heavy atom. The van der Waals surface area contributed by atoms with Gasteiger partial charge in [-0.1, -0.05) is 28.1 Å². The van der Waals surface area contributed by atoms with Gasteiger partial charge in [0.05, 0.1) is 11.6 Å². The Labute approximate surface area is 124 Å². The summed E-state index contributed by atoms with van der Waals surface area (Å²) in [6.45, 7) is 1.82. The molecule has 0 bridgehead atoms. The molecule has 2 aromatic carbocycles. The maximum absolute atomic E-state index is 13.1. The van der Waals surface area contributed by atoms with Crippen LogP contribution in [0.1, 0.15) is 28.9 Å². The average molecular weight is 338 g/mol. The zero-order chi connectivity index (χ0) is 14.7. The molecule has 2 aromatic rings. The zero-order valence-electron chi connectivity index (χ0n) is 10.7. The van der Waals surface area contributed by atoms with Crippen LogP contribution in [0.5, 0.6) is 5.75 Å². The molecule has 0 aliphatic rings. The van der Waals surface area contributed by atoms with Crippen molar-refractivity contribution in [2.75, 3.05) is 0 Å². The summed E-state index contributed by atoms with van der Waals surface area (Å²) in [5.74, 6) is -1.33. The third kappa shape index (κ3) is 3.36. The molecular formula is C15H13BrFNO2. The maximum Gasteiger partial charge on any atom is 0.255 e. The summed E-state index contributed by atoms with van der Waals surface area (Å²) >= 11 is 3.34. The minimum atomic E-state index is -0.566. The number of rotatable bonds is 3. The van der Waals surface area contributed by atoms with Crippen molar-refractivity contribution in [3.8, 4) is 5.75 Å². The summed E-state index contributed by atoms with van der Waals surface area (Å²) in [6, 6.07) is 10.5. The van der Waals surface area contributed by atoms with Crippen molar-refractivity contribution < 1.29 is 14.3 Å². The van der Waals surface area contributed by atoms with Gasteiger partial charge >= 0.3 is 0 Å². The summed E-state index contributed by atoms with van der Waals surface area (Å²) in [6.07, 6.45) is 0. The van der Waals surface area contributed by atoms with Gasteiger partial charge in [-0.2, -0.15) is 0 Å². The van der Waals surface area contributed by atoms with E-state index in [0.717, 1.165) is 28.2 Å². The molecule has 1 atom stereocenters. The lowest BCUT2D eigenvalue weighted by Crippen LogP contribution is -2.26. The molecule has 2 N–H and O–H groups in total. The van der Waals surface area contributed by atoms with E-state index in [-0.39, 0.29) is 17.4 Å². The fraction of sp³-hybridized carbons (Fsp3) is 0.133. The second-order valence-electron chi connectivity index (χ2n) is 4.41. The predicted octanol–water partition coefficient (Wildman–Crippen LogP) is 3.78. The minimum absolute atomic E-state index is 0.0750. The largest absolute Gasteiger partial charge is 0.507 e. The van der Waals surface area contributed by atoms with E-state index in [4.69, 9.17) is 0 Å². The summed E-state index contributed by atoms with van der Waals surface area (Å²) in [5.41, 5.74) is 0.839. The van der Waals surface area contributed by atoms with E-state index in [2.05, 4.69) is 21.2 Å². The van der Waals surface area contributed by atoms with Gasteiger partial charge in [-0.25, -0.2) is 4.39 Å². The third-order valence-electron chi connectivity index (χ3n) is 2.92. The zero-order valence-corrected chi connectivity index (χ0v) is 12.3. The van der Waals surface area contributed by atoms with Crippen molar-refractivity contribution >= 4 is 21.8 Å². The van der Waals surface area contributed by atoms with Crippen LogP contribution >= 0.6 is 15.9 Å². The highest BCUT2D eigenvalue weighted by molar-refractivity contribution is 9.10. The summed E-state index contributed by atoms with van der Waals surface area (Å²) < 4.78 is 14.1. The Hall–Kier alpha value is -1.88. The highest BCUT2D eigenvalue weighted by Crippen LogP contribution is 2.20. The Morgan fingerprint density at radius 1 is 1.25 bits per heavy atom. The Balaban J connectivity index is 2.15. The molecule has 1 unspecified atom stereocenters. The van der Waals surface area contributed by atoms with Gasteiger partial charge in [0.25, 0.3) is 5.91 Å². The maximum atomic E-state index is 13.1. The standard InChI is InChI=1S/C15H13BrFNO2/c1-9(10-2-4-11(16)5-3-10)18-15(20)13-8-12(17)6-7-14(13)19/h2-9,19H,1H3,(H,18,20). The van der Waals surface area contributed by atoms with Gasteiger partial charge in [0.1, 0.15) is 11.6 Å². The molecule has 0 aliphatic heterocycles. The molecule has 0 spiro atoms. The SMILES string of the molecule is CC(NC(=O)c1cc(F)ccc1O)c1ccc(Br)cc1. The van der Waals surface area contributed by atoms with Gasteiger partial charge < -0.3 is 10.4 Å². The van der Waals surface area contributed by atoms with E-state index in [1.54, 1.807) is 0 Å². The van der Waals surface area contributed by atoms with Crippen LogP contribution in [0.15, 0.2) is 46.9 Å². The first kappa shape index (κ1) is 14.5. The number of carbonyl (C=O) groups excluding carboxylic acids is 1. The van der Waals surface area contributed by atoms with E-state index < -0.39 is 11.7 Å². The van der Waals surface area contributed by atoms with E-state index in [9.17, 15) is 14.3 Å². The molecule has 0 radical (unpaired) electrons. The number of benzene rings is 2. The average Bonchev–Trinajstić information content (AvgIpc) is 2.42. The van der Waals surface area contributed by atoms with Gasteiger partial charge in [-0.3, -0.25) is 4.79 Å². The van der Waals surface area contributed by atoms with Crippen molar-refractivity contribution in [1.82, 2.24) is 5.32 Å². The van der Waals surface area contributed by atoms with Gasteiger partial charge in [-0.15, -0.1) is 0 Å². The fourth-order valence-corrected chi connectivity index (χ4v) is 2.06. The lowest BCUT2D eigenvalue weighted by Gasteiger charge is -2.15. The lowest BCUT2D eigenvalue weighted by atomic mass is 10.1. The Kier molecular flexibility index (Phi) is 4.39. The van der Waals surface area contributed by atoms with Crippen LogP contribution in [-0.4, -0.2) is 11.0 Å². The molecule has 104 valence electrons. The van der Waals surface area contributed by atoms with Crippen LogP contribution in [0.4, 0.5) is 4.39 Å². The molecule has 0 saturated heterocycles. The van der Waals surface area contributed by atoms with Crippen molar-refractivity contribution in [3.05, 3.63) is 63.9 Å². The third-order valence-corrected chi connectivity index (χ3v) is 3.45. The van der Waals surface area contributed by atoms with E-state index >= 15 is 0 Å². The topological polar surface area (TPSA) is 49.3 Å². The number of halogens is 2. The first-order valence-corrected chi connectivity index (χ1v) is 6.81. The fourth-order valence-electron chi connectivity index (χ4n) is 1.80. The molecule has 0 saturated carbocycles. The Morgan fingerprint density at radius 3 is 2.55 bits per heavy atom. The molecule has 2 rings (SSSR count). The van der Waals surface area contributed by atoms with Gasteiger partial charge in [-0.05, 0) is 42.8 Å². The molecular weight excluding hydrogens is 325 g/mol. The molecule has 20 heavy (non-hydrogen) atoms. The van der Waals surface area contributed by atoms with Crippen molar-refractivity contribution in [3.63, 3.8) is 0 Å². The molecule has 0 fully saturated rings. The second kappa shape index (κ2) is 6.05. The minimum Gasteiger partial charge on any atom is -0.507 e. The van der Waals surface area contributed by atoms with E-state index in [0.29, 0.717) is 0 Å². The molecule has 1 amide bonds. The van der Waals surface area contributed by atoms with Gasteiger partial charge in [0, 0.05) is 4.47 Å². The van der Waals surface area contributed by atoms with Crippen LogP contribution in [0.2, 0.25) is 0 Å². The summed E-state index contributed by atoms with van der Waals surface area (Å²) in [5, 5.41) is 12.3. The number of carbonyl (C=O) groups is 1. The first-order valence-electron chi connectivity index (χ1n) is 6.02. The summed E-state index contributed by atoms with van der Waals surface area (Å²) in [7, 11) is 0.